The molecule has 23 heavy (non-hydrogen) atoms. The Morgan fingerprint density at radius 2 is 2.09 bits per heavy atom. The van der Waals surface area contributed by atoms with Gasteiger partial charge in [0, 0.05) is 22.3 Å². The van der Waals surface area contributed by atoms with Crippen LogP contribution in [0.4, 0.5) is 10.1 Å². The van der Waals surface area contributed by atoms with Gasteiger partial charge in [0.25, 0.3) is 0 Å². The lowest BCUT2D eigenvalue weighted by Crippen LogP contribution is -2.15. The molecule has 0 saturated carbocycles. The molecule has 0 spiro atoms. The fourth-order valence-corrected chi connectivity index (χ4v) is 2.70. The molecular weight excluding hydrogens is 295 g/mol. The van der Waals surface area contributed by atoms with E-state index in [1.54, 1.807) is 30.3 Å². The third-order valence-corrected chi connectivity index (χ3v) is 3.81. The first kappa shape index (κ1) is 15.2. The van der Waals surface area contributed by atoms with Gasteiger partial charge >= 0.3 is 0 Å². The van der Waals surface area contributed by atoms with Crippen LogP contribution in [0.25, 0.3) is 10.9 Å². The first-order valence-corrected chi connectivity index (χ1v) is 7.33. The minimum Gasteiger partial charge on any atom is -0.392 e. The number of aliphatic hydroxyl groups excluding tert-OH is 1. The molecule has 0 saturated heterocycles. The molecule has 0 atom stereocenters. The second-order valence-corrected chi connectivity index (χ2v) is 5.50. The molecule has 0 unspecified atom stereocenters. The Labute approximate surface area is 133 Å². The Balaban J connectivity index is 1.82. The van der Waals surface area contributed by atoms with Crippen LogP contribution in [0.2, 0.25) is 0 Å². The average molecular weight is 312 g/mol. The van der Waals surface area contributed by atoms with E-state index in [1.807, 2.05) is 6.92 Å². The van der Waals surface area contributed by atoms with Crippen molar-refractivity contribution in [2.24, 2.45) is 0 Å². The highest BCUT2D eigenvalue weighted by Crippen LogP contribution is 2.24. The lowest BCUT2D eigenvalue weighted by molar-refractivity contribution is -0.115. The molecule has 0 radical (unpaired) electrons. The van der Waals surface area contributed by atoms with E-state index in [2.05, 4.69) is 10.3 Å². The summed E-state index contributed by atoms with van der Waals surface area (Å²) in [5.74, 6) is -0.512. The van der Waals surface area contributed by atoms with Crippen LogP contribution in [0.15, 0.2) is 42.5 Å². The predicted octanol–water partition coefficient (Wildman–Crippen LogP) is 3.29. The Bertz CT molecular complexity index is 871. The van der Waals surface area contributed by atoms with E-state index in [1.165, 1.54) is 12.1 Å². The number of carbonyl (C=O) groups is 1. The lowest BCUT2D eigenvalue weighted by atomic mass is 10.1. The predicted molar refractivity (Wildman–Crippen MR) is 87.7 cm³/mol. The Hall–Kier alpha value is -2.66. The highest BCUT2D eigenvalue weighted by atomic mass is 19.1. The number of aromatic nitrogens is 1. The van der Waals surface area contributed by atoms with Crippen molar-refractivity contribution in [2.45, 2.75) is 20.0 Å². The third-order valence-electron chi connectivity index (χ3n) is 3.81. The number of anilines is 1. The molecular formula is C18H17FN2O2. The molecule has 0 aliphatic carbocycles. The topological polar surface area (TPSA) is 65.1 Å². The molecule has 3 rings (SSSR count). The van der Waals surface area contributed by atoms with Gasteiger partial charge in [-0.25, -0.2) is 4.39 Å². The molecule has 3 aromatic rings. The van der Waals surface area contributed by atoms with Crippen molar-refractivity contribution >= 4 is 22.5 Å². The summed E-state index contributed by atoms with van der Waals surface area (Å²) in [6, 6.07) is 11.5. The van der Waals surface area contributed by atoms with Crippen molar-refractivity contribution < 1.29 is 14.3 Å². The Morgan fingerprint density at radius 3 is 2.87 bits per heavy atom. The second-order valence-electron chi connectivity index (χ2n) is 5.50. The van der Waals surface area contributed by atoms with Gasteiger partial charge in [0.1, 0.15) is 5.82 Å². The summed E-state index contributed by atoms with van der Waals surface area (Å²) >= 11 is 0. The van der Waals surface area contributed by atoms with E-state index in [-0.39, 0.29) is 24.8 Å². The monoisotopic (exact) mass is 312 g/mol. The fourth-order valence-electron chi connectivity index (χ4n) is 2.70. The van der Waals surface area contributed by atoms with Crippen molar-refractivity contribution in [3.8, 4) is 0 Å². The molecule has 1 amide bonds. The number of benzene rings is 2. The summed E-state index contributed by atoms with van der Waals surface area (Å²) in [5, 5.41) is 12.7. The molecule has 0 fully saturated rings. The zero-order valence-corrected chi connectivity index (χ0v) is 12.7. The molecule has 1 aromatic heterocycles. The van der Waals surface area contributed by atoms with E-state index in [0.29, 0.717) is 5.69 Å². The van der Waals surface area contributed by atoms with Crippen molar-refractivity contribution in [1.82, 2.24) is 4.98 Å². The Kier molecular flexibility index (Phi) is 4.12. The fraction of sp³-hybridized carbons (Fsp3) is 0.167. The Morgan fingerprint density at radius 1 is 1.26 bits per heavy atom. The zero-order chi connectivity index (χ0) is 16.4. The van der Waals surface area contributed by atoms with E-state index in [4.69, 9.17) is 5.11 Å². The molecule has 118 valence electrons. The molecule has 1 heterocycles. The molecule has 0 aliphatic heterocycles. The maximum absolute atomic E-state index is 13.5. The summed E-state index contributed by atoms with van der Waals surface area (Å²) in [6.45, 7) is 1.79. The van der Waals surface area contributed by atoms with Gasteiger partial charge in [-0.05, 0) is 48.4 Å². The van der Waals surface area contributed by atoms with E-state index in [0.717, 1.165) is 27.7 Å². The minimum absolute atomic E-state index is 0.0788. The molecule has 3 N–H and O–H groups in total. The van der Waals surface area contributed by atoms with Crippen LogP contribution in [-0.2, 0) is 17.8 Å². The van der Waals surface area contributed by atoms with Crippen LogP contribution in [-0.4, -0.2) is 16.0 Å². The van der Waals surface area contributed by atoms with Crippen molar-refractivity contribution in [2.75, 3.05) is 5.32 Å². The van der Waals surface area contributed by atoms with Gasteiger partial charge in [0.2, 0.25) is 5.91 Å². The summed E-state index contributed by atoms with van der Waals surface area (Å²) in [6.07, 6.45) is 0.151. The number of hydrogen-bond donors (Lipinski definition) is 3. The summed E-state index contributed by atoms with van der Waals surface area (Å²) in [7, 11) is 0. The quantitative estimate of drug-likeness (QED) is 0.692. The van der Waals surface area contributed by atoms with E-state index < -0.39 is 0 Å². The molecule has 2 aromatic carbocycles. The number of nitrogens with one attached hydrogen (secondary N) is 2. The van der Waals surface area contributed by atoms with Gasteiger partial charge in [-0.3, -0.25) is 4.79 Å². The van der Waals surface area contributed by atoms with Gasteiger partial charge in [-0.15, -0.1) is 0 Å². The van der Waals surface area contributed by atoms with Gasteiger partial charge in [-0.1, -0.05) is 12.1 Å². The number of H-pyrrole nitrogens is 1. The maximum Gasteiger partial charge on any atom is 0.228 e. The minimum atomic E-state index is -0.325. The van der Waals surface area contributed by atoms with Crippen LogP contribution < -0.4 is 5.32 Å². The number of rotatable bonds is 4. The SMILES string of the molecule is Cc1[nH]c2ccc(F)cc2c1CC(=O)Nc1cccc(CO)c1. The summed E-state index contributed by atoms with van der Waals surface area (Å²) < 4.78 is 13.5. The van der Waals surface area contributed by atoms with Crippen LogP contribution in [0.5, 0.6) is 0 Å². The number of halogens is 1. The van der Waals surface area contributed by atoms with Crippen molar-refractivity contribution in [3.63, 3.8) is 0 Å². The number of carbonyl (C=O) groups excluding carboxylic acids is 1. The molecule has 0 aliphatic rings. The second kappa shape index (κ2) is 6.22. The highest BCUT2D eigenvalue weighted by Gasteiger charge is 2.13. The highest BCUT2D eigenvalue weighted by molar-refractivity contribution is 5.96. The van der Waals surface area contributed by atoms with Crippen molar-refractivity contribution in [3.05, 3.63) is 65.1 Å². The smallest absolute Gasteiger partial charge is 0.228 e. The molecule has 5 heteroatoms. The van der Waals surface area contributed by atoms with Crippen molar-refractivity contribution in [1.29, 1.82) is 0 Å². The number of aryl methyl sites for hydroxylation is 1. The van der Waals surface area contributed by atoms with E-state index >= 15 is 0 Å². The molecule has 0 bridgehead atoms. The number of aromatic amines is 1. The zero-order valence-electron chi connectivity index (χ0n) is 12.7. The van der Waals surface area contributed by atoms with Crippen LogP contribution in [0.1, 0.15) is 16.8 Å². The first-order valence-electron chi connectivity index (χ1n) is 7.33. The van der Waals surface area contributed by atoms with E-state index in [9.17, 15) is 9.18 Å². The molecule has 4 nitrogen and oxygen atoms in total. The number of fused-ring (bicyclic) bond motifs is 1. The van der Waals surface area contributed by atoms with Crippen LogP contribution in [0.3, 0.4) is 0 Å². The van der Waals surface area contributed by atoms with Gasteiger partial charge in [-0.2, -0.15) is 0 Å². The van der Waals surface area contributed by atoms with Crippen LogP contribution >= 0.6 is 0 Å². The lowest BCUT2D eigenvalue weighted by Gasteiger charge is -2.07. The van der Waals surface area contributed by atoms with Gasteiger partial charge < -0.3 is 15.4 Å². The summed E-state index contributed by atoms with van der Waals surface area (Å²) in [4.78, 5) is 15.4. The number of aliphatic hydroxyl groups is 1. The number of amides is 1. The maximum atomic E-state index is 13.5. The third kappa shape index (κ3) is 3.24. The largest absolute Gasteiger partial charge is 0.392 e. The summed E-state index contributed by atoms with van der Waals surface area (Å²) in [5.41, 5.74) is 3.81. The number of hydrogen-bond acceptors (Lipinski definition) is 2. The average Bonchev–Trinajstić information content (AvgIpc) is 2.83. The normalized spacial score (nSPS) is 10.9. The standard InChI is InChI=1S/C18H17FN2O2/c1-11-15(16-8-13(19)5-6-17(16)20-11)9-18(23)21-14-4-2-3-12(7-14)10-22/h2-8,20,22H,9-10H2,1H3,(H,21,23). The van der Waals surface area contributed by atoms with Gasteiger partial charge in [0.05, 0.1) is 13.0 Å². The van der Waals surface area contributed by atoms with Crippen LogP contribution in [0, 0.1) is 12.7 Å². The first-order chi connectivity index (χ1) is 11.1. The van der Waals surface area contributed by atoms with Gasteiger partial charge in [0.15, 0.2) is 0 Å².